The molecule has 1 aromatic heterocycles. The minimum Gasteiger partial charge on any atom is -0.411 e. The lowest BCUT2D eigenvalue weighted by atomic mass is 10.1. The van der Waals surface area contributed by atoms with Gasteiger partial charge in [-0.25, -0.2) is 8.42 Å². The Hall–Kier alpha value is -1.87. The van der Waals surface area contributed by atoms with Crippen LogP contribution in [0.3, 0.4) is 0 Å². The molecular weight excluding hydrogens is 386 g/mol. The molecule has 2 aromatic rings. The van der Waals surface area contributed by atoms with Crippen LogP contribution in [-0.2, 0) is 14.6 Å². The lowest BCUT2D eigenvalue weighted by molar-refractivity contribution is -0.132. The van der Waals surface area contributed by atoms with E-state index in [0.717, 1.165) is 12.0 Å². The molecule has 2 atom stereocenters. The van der Waals surface area contributed by atoms with Crippen LogP contribution >= 0.6 is 11.8 Å². The predicted octanol–water partition coefficient (Wildman–Crippen LogP) is 2.64. The minimum absolute atomic E-state index is 0.0148. The second-order valence-corrected chi connectivity index (χ2v) is 9.80. The molecule has 1 fully saturated rings. The van der Waals surface area contributed by atoms with Gasteiger partial charge < -0.3 is 9.32 Å². The van der Waals surface area contributed by atoms with E-state index >= 15 is 0 Å². The molecule has 27 heavy (non-hydrogen) atoms. The summed E-state index contributed by atoms with van der Waals surface area (Å²) in [5.74, 6) is 0.640. The first kappa shape index (κ1) is 19.9. The van der Waals surface area contributed by atoms with Crippen LogP contribution in [0.25, 0.3) is 11.5 Å². The molecule has 9 heteroatoms. The van der Waals surface area contributed by atoms with Gasteiger partial charge in [0.15, 0.2) is 9.84 Å². The van der Waals surface area contributed by atoms with Gasteiger partial charge in [-0.15, -0.1) is 10.2 Å². The summed E-state index contributed by atoms with van der Waals surface area (Å²) >= 11 is 1.18. The van der Waals surface area contributed by atoms with Crippen LogP contribution in [-0.4, -0.2) is 58.8 Å². The highest BCUT2D eigenvalue weighted by atomic mass is 32.2. The Morgan fingerprint density at radius 2 is 2.07 bits per heavy atom. The van der Waals surface area contributed by atoms with Crippen LogP contribution in [0.1, 0.15) is 26.7 Å². The molecule has 2 heterocycles. The molecule has 0 aliphatic carbocycles. The molecule has 1 saturated heterocycles. The second kappa shape index (κ2) is 8.43. The van der Waals surface area contributed by atoms with Gasteiger partial charge in [0.25, 0.3) is 5.22 Å². The molecule has 1 aliphatic heterocycles. The highest BCUT2D eigenvalue weighted by Gasteiger charge is 2.36. The molecule has 1 amide bonds. The minimum atomic E-state index is -3.05. The van der Waals surface area contributed by atoms with Crippen LogP contribution in [0.15, 0.2) is 40.0 Å². The second-order valence-electron chi connectivity index (χ2n) is 6.64. The quantitative estimate of drug-likeness (QED) is 0.649. The fraction of sp³-hybridized carbons (Fsp3) is 0.500. The van der Waals surface area contributed by atoms with Crippen LogP contribution in [0, 0.1) is 0 Å². The maximum atomic E-state index is 12.8. The Kier molecular flexibility index (Phi) is 6.21. The van der Waals surface area contributed by atoms with Crippen LogP contribution in [0.5, 0.6) is 0 Å². The van der Waals surface area contributed by atoms with Gasteiger partial charge in [-0.2, -0.15) is 0 Å². The number of sulfone groups is 1. The zero-order valence-corrected chi connectivity index (χ0v) is 17.0. The van der Waals surface area contributed by atoms with Crippen molar-refractivity contribution in [1.82, 2.24) is 15.1 Å². The number of nitrogens with zero attached hydrogens (tertiary/aromatic N) is 3. The zero-order valence-electron chi connectivity index (χ0n) is 15.4. The van der Waals surface area contributed by atoms with Gasteiger partial charge in [0.05, 0.1) is 17.3 Å². The average Bonchev–Trinajstić information content (AvgIpc) is 3.27. The number of amides is 1. The molecule has 0 N–H and O–H groups in total. The fourth-order valence-electron chi connectivity index (χ4n) is 3.16. The molecule has 1 aromatic carbocycles. The van der Waals surface area contributed by atoms with E-state index in [-0.39, 0.29) is 35.2 Å². The number of hydrogen-bond donors (Lipinski definition) is 0. The van der Waals surface area contributed by atoms with Gasteiger partial charge in [0, 0.05) is 17.6 Å². The maximum Gasteiger partial charge on any atom is 0.277 e. The Balaban J connectivity index is 1.65. The lowest BCUT2D eigenvalue weighted by Gasteiger charge is -2.33. The molecule has 0 radical (unpaired) electrons. The summed E-state index contributed by atoms with van der Waals surface area (Å²) in [6, 6.07) is 9.15. The Morgan fingerprint density at radius 3 is 2.70 bits per heavy atom. The van der Waals surface area contributed by atoms with Crippen molar-refractivity contribution in [3.63, 3.8) is 0 Å². The average molecular weight is 410 g/mol. The summed E-state index contributed by atoms with van der Waals surface area (Å²) in [4.78, 5) is 14.5. The van der Waals surface area contributed by atoms with E-state index in [9.17, 15) is 13.2 Å². The topological polar surface area (TPSA) is 93.4 Å². The summed E-state index contributed by atoms with van der Waals surface area (Å²) in [5.41, 5.74) is 0.820. The van der Waals surface area contributed by atoms with Crippen molar-refractivity contribution in [3.8, 4) is 11.5 Å². The Morgan fingerprint density at radius 1 is 1.33 bits per heavy atom. The summed E-state index contributed by atoms with van der Waals surface area (Å²) in [7, 11) is -3.05. The number of rotatable bonds is 7. The van der Waals surface area contributed by atoms with E-state index in [1.807, 2.05) is 44.2 Å². The first-order valence-corrected chi connectivity index (χ1v) is 11.7. The highest BCUT2D eigenvalue weighted by molar-refractivity contribution is 7.99. The standard InChI is InChI=1S/C18H23N3O4S2/c1-3-13(2)21(15-9-10-27(23,24)12-15)16(22)11-26-18-20-19-17(25-18)14-7-5-4-6-8-14/h4-8,13,15H,3,9-12H2,1-2H3. The van der Waals surface area contributed by atoms with Crippen LogP contribution in [0.2, 0.25) is 0 Å². The fourth-order valence-corrected chi connectivity index (χ4v) is 5.51. The first-order valence-electron chi connectivity index (χ1n) is 8.93. The normalized spacial score (nSPS) is 19.7. The molecule has 7 nitrogen and oxygen atoms in total. The summed E-state index contributed by atoms with van der Waals surface area (Å²) in [6.45, 7) is 3.94. The van der Waals surface area contributed by atoms with E-state index in [2.05, 4.69) is 10.2 Å². The van der Waals surface area contributed by atoms with E-state index in [4.69, 9.17) is 4.42 Å². The third-order valence-corrected chi connectivity index (χ3v) is 7.26. The molecule has 1 aliphatic rings. The van der Waals surface area contributed by atoms with Crippen molar-refractivity contribution in [2.24, 2.45) is 0 Å². The summed E-state index contributed by atoms with van der Waals surface area (Å²) in [5, 5.41) is 8.33. The largest absolute Gasteiger partial charge is 0.411 e. The maximum absolute atomic E-state index is 12.8. The van der Waals surface area contributed by atoms with Gasteiger partial charge in [-0.3, -0.25) is 4.79 Å². The predicted molar refractivity (Wildman–Crippen MR) is 104 cm³/mol. The van der Waals surface area contributed by atoms with E-state index in [0.29, 0.717) is 17.5 Å². The zero-order chi connectivity index (χ0) is 19.4. The van der Waals surface area contributed by atoms with Crippen LogP contribution in [0.4, 0.5) is 0 Å². The monoisotopic (exact) mass is 409 g/mol. The van der Waals surface area contributed by atoms with E-state index in [1.165, 1.54) is 11.8 Å². The molecule has 3 rings (SSSR count). The van der Waals surface area contributed by atoms with Crippen molar-refractivity contribution in [2.45, 2.75) is 44.0 Å². The summed E-state index contributed by atoms with van der Waals surface area (Å²) < 4.78 is 29.3. The van der Waals surface area contributed by atoms with Crippen LogP contribution < -0.4 is 0 Å². The number of thioether (sulfide) groups is 1. The number of hydrogen-bond acceptors (Lipinski definition) is 7. The third kappa shape index (κ3) is 4.90. The Labute approximate surface area is 163 Å². The van der Waals surface area contributed by atoms with Crippen molar-refractivity contribution >= 4 is 27.5 Å². The van der Waals surface area contributed by atoms with Gasteiger partial charge in [-0.1, -0.05) is 36.9 Å². The highest BCUT2D eigenvalue weighted by Crippen LogP contribution is 2.26. The number of carbonyl (C=O) groups excluding carboxylic acids is 1. The third-order valence-electron chi connectivity index (χ3n) is 4.70. The number of aromatic nitrogens is 2. The number of benzene rings is 1. The molecular formula is C18H23N3O4S2. The van der Waals surface area contributed by atoms with Crippen molar-refractivity contribution < 1.29 is 17.6 Å². The SMILES string of the molecule is CCC(C)N(C(=O)CSc1nnc(-c2ccccc2)o1)C1CCS(=O)(=O)C1. The molecule has 0 bridgehead atoms. The van der Waals surface area contributed by atoms with E-state index in [1.54, 1.807) is 4.90 Å². The van der Waals surface area contributed by atoms with Crippen molar-refractivity contribution in [3.05, 3.63) is 30.3 Å². The molecule has 0 saturated carbocycles. The first-order chi connectivity index (χ1) is 12.9. The molecule has 2 unspecified atom stereocenters. The lowest BCUT2D eigenvalue weighted by Crippen LogP contribution is -2.47. The van der Waals surface area contributed by atoms with Gasteiger partial charge in [0.2, 0.25) is 11.8 Å². The molecule has 0 spiro atoms. The molecule has 146 valence electrons. The van der Waals surface area contributed by atoms with Crippen molar-refractivity contribution in [1.29, 1.82) is 0 Å². The Bertz CT molecular complexity index is 883. The summed E-state index contributed by atoms with van der Waals surface area (Å²) in [6.07, 6.45) is 1.27. The smallest absolute Gasteiger partial charge is 0.277 e. The number of carbonyl (C=O) groups is 1. The van der Waals surface area contributed by atoms with Gasteiger partial charge in [-0.05, 0) is 31.9 Å². The van der Waals surface area contributed by atoms with Crippen molar-refractivity contribution in [2.75, 3.05) is 17.3 Å². The van der Waals surface area contributed by atoms with Gasteiger partial charge in [0.1, 0.15) is 0 Å². The van der Waals surface area contributed by atoms with E-state index < -0.39 is 9.84 Å². The van der Waals surface area contributed by atoms with Gasteiger partial charge >= 0.3 is 0 Å².